The van der Waals surface area contributed by atoms with Gasteiger partial charge in [0.1, 0.15) is 4.88 Å². The Balaban J connectivity index is 2.50. The molecule has 2 rings (SSSR count). The number of nitrogens with zero attached hydrogens (tertiary/aromatic N) is 1. The van der Waals surface area contributed by atoms with Gasteiger partial charge in [-0.3, -0.25) is 9.59 Å². The molecule has 2 amide bonds. The average Bonchev–Trinajstić information content (AvgIpc) is 2.73. The third-order valence-electron chi connectivity index (χ3n) is 3.11. The van der Waals surface area contributed by atoms with Crippen LogP contribution in [0, 0.1) is 0 Å². The molecule has 21 heavy (non-hydrogen) atoms. The number of carbonyl (C=O) groups is 2. The summed E-state index contributed by atoms with van der Waals surface area (Å²) >= 11 is 4.76. The van der Waals surface area contributed by atoms with Crippen molar-refractivity contribution in [3.8, 4) is 0 Å². The van der Waals surface area contributed by atoms with Crippen LogP contribution in [0.1, 0.15) is 23.5 Å². The standard InChI is InChI=1S/C14H16BrN3O2S/c1-7(2)18(6-10(16)19)14(20)13-12(17)11-8(15)4-3-5-9(11)21-13/h3-5,7H,6,17H2,1-2H3,(H2,16,19). The minimum atomic E-state index is -0.544. The number of amides is 2. The molecular formula is C14H16BrN3O2S. The maximum atomic E-state index is 12.7. The van der Waals surface area contributed by atoms with Crippen molar-refractivity contribution in [2.75, 3.05) is 12.3 Å². The first-order valence-corrected chi connectivity index (χ1v) is 7.99. The van der Waals surface area contributed by atoms with Crippen molar-refractivity contribution >= 4 is 54.9 Å². The lowest BCUT2D eigenvalue weighted by atomic mass is 10.2. The summed E-state index contributed by atoms with van der Waals surface area (Å²) in [5, 5.41) is 0.827. The maximum absolute atomic E-state index is 12.7. The van der Waals surface area contributed by atoms with Crippen LogP contribution < -0.4 is 11.5 Å². The highest BCUT2D eigenvalue weighted by Crippen LogP contribution is 2.38. The van der Waals surface area contributed by atoms with Gasteiger partial charge < -0.3 is 16.4 Å². The summed E-state index contributed by atoms with van der Waals surface area (Å²) in [6, 6.07) is 5.54. The first-order chi connectivity index (χ1) is 9.82. The SMILES string of the molecule is CC(C)N(CC(N)=O)C(=O)c1sc2cccc(Br)c2c1N. The van der Waals surface area contributed by atoms with E-state index in [0.717, 1.165) is 14.6 Å². The predicted molar refractivity (Wildman–Crippen MR) is 89.3 cm³/mol. The van der Waals surface area contributed by atoms with E-state index in [9.17, 15) is 9.59 Å². The molecular weight excluding hydrogens is 354 g/mol. The van der Waals surface area contributed by atoms with E-state index in [4.69, 9.17) is 11.5 Å². The van der Waals surface area contributed by atoms with Crippen molar-refractivity contribution < 1.29 is 9.59 Å². The van der Waals surface area contributed by atoms with Gasteiger partial charge in [0.15, 0.2) is 0 Å². The largest absolute Gasteiger partial charge is 0.397 e. The van der Waals surface area contributed by atoms with Gasteiger partial charge in [-0.2, -0.15) is 0 Å². The summed E-state index contributed by atoms with van der Waals surface area (Å²) in [5.74, 6) is -0.813. The molecule has 1 aromatic heterocycles. The van der Waals surface area contributed by atoms with Crippen molar-refractivity contribution in [3.63, 3.8) is 0 Å². The normalized spacial score (nSPS) is 11.0. The number of rotatable bonds is 4. The number of primary amides is 1. The molecule has 0 unspecified atom stereocenters. The minimum absolute atomic E-state index is 0.120. The molecule has 5 nitrogen and oxygen atoms in total. The van der Waals surface area contributed by atoms with E-state index in [2.05, 4.69) is 15.9 Å². The average molecular weight is 370 g/mol. The second-order valence-corrected chi connectivity index (χ2v) is 6.86. The van der Waals surface area contributed by atoms with E-state index in [1.165, 1.54) is 16.2 Å². The lowest BCUT2D eigenvalue weighted by molar-refractivity contribution is -0.119. The van der Waals surface area contributed by atoms with Gasteiger partial charge >= 0.3 is 0 Å². The molecule has 2 aromatic rings. The zero-order valence-corrected chi connectivity index (χ0v) is 14.1. The Bertz CT molecular complexity index is 712. The Morgan fingerprint density at radius 2 is 2.05 bits per heavy atom. The topological polar surface area (TPSA) is 89.4 Å². The summed E-state index contributed by atoms with van der Waals surface area (Å²) in [6.45, 7) is 3.55. The fraction of sp³-hybridized carbons (Fsp3) is 0.286. The third-order valence-corrected chi connectivity index (χ3v) is 4.93. The van der Waals surface area contributed by atoms with Gasteiger partial charge in [-0.25, -0.2) is 0 Å². The first-order valence-electron chi connectivity index (χ1n) is 6.38. The fourth-order valence-electron chi connectivity index (χ4n) is 2.08. The van der Waals surface area contributed by atoms with Gasteiger partial charge in [0, 0.05) is 20.6 Å². The van der Waals surface area contributed by atoms with Crippen LogP contribution in [-0.2, 0) is 4.79 Å². The number of carbonyl (C=O) groups excluding carboxylic acids is 2. The molecule has 0 bridgehead atoms. The van der Waals surface area contributed by atoms with Crippen LogP contribution >= 0.6 is 27.3 Å². The molecule has 0 aliphatic rings. The Hall–Kier alpha value is -1.60. The predicted octanol–water partition coefficient (Wildman–Crippen LogP) is 2.58. The number of thiophene rings is 1. The number of hydrogen-bond acceptors (Lipinski definition) is 4. The summed E-state index contributed by atoms with van der Waals surface area (Å²) in [5.41, 5.74) is 11.8. The molecule has 0 saturated heterocycles. The molecule has 1 aromatic carbocycles. The van der Waals surface area contributed by atoms with Crippen LogP contribution in [0.4, 0.5) is 5.69 Å². The second kappa shape index (κ2) is 6.03. The molecule has 112 valence electrons. The summed E-state index contributed by atoms with van der Waals surface area (Å²) in [6.07, 6.45) is 0. The molecule has 0 aliphatic heterocycles. The number of hydrogen-bond donors (Lipinski definition) is 2. The van der Waals surface area contributed by atoms with E-state index in [-0.39, 0.29) is 18.5 Å². The molecule has 0 saturated carbocycles. The van der Waals surface area contributed by atoms with Crippen molar-refractivity contribution in [1.82, 2.24) is 4.90 Å². The fourth-order valence-corrected chi connectivity index (χ4v) is 3.89. The number of anilines is 1. The summed E-state index contributed by atoms with van der Waals surface area (Å²) in [4.78, 5) is 25.7. The molecule has 0 radical (unpaired) electrons. The molecule has 0 atom stereocenters. The van der Waals surface area contributed by atoms with Gasteiger partial charge in [0.2, 0.25) is 5.91 Å². The molecule has 1 heterocycles. The first kappa shape index (κ1) is 15.8. The maximum Gasteiger partial charge on any atom is 0.266 e. The number of benzene rings is 1. The van der Waals surface area contributed by atoms with Crippen molar-refractivity contribution in [2.24, 2.45) is 5.73 Å². The molecule has 7 heteroatoms. The van der Waals surface area contributed by atoms with E-state index in [0.29, 0.717) is 10.6 Å². The highest BCUT2D eigenvalue weighted by atomic mass is 79.9. The molecule has 0 spiro atoms. The second-order valence-electron chi connectivity index (χ2n) is 4.95. The number of fused-ring (bicyclic) bond motifs is 1. The highest BCUT2D eigenvalue weighted by molar-refractivity contribution is 9.10. The van der Waals surface area contributed by atoms with Crippen LogP contribution in [0.5, 0.6) is 0 Å². The molecule has 0 fully saturated rings. The summed E-state index contributed by atoms with van der Waals surface area (Å²) in [7, 11) is 0. The van der Waals surface area contributed by atoms with E-state index in [1.54, 1.807) is 0 Å². The quantitative estimate of drug-likeness (QED) is 0.867. The van der Waals surface area contributed by atoms with Crippen molar-refractivity contribution in [1.29, 1.82) is 0 Å². The van der Waals surface area contributed by atoms with Gasteiger partial charge in [-0.15, -0.1) is 11.3 Å². The van der Waals surface area contributed by atoms with Crippen molar-refractivity contribution in [2.45, 2.75) is 19.9 Å². The minimum Gasteiger partial charge on any atom is -0.397 e. The van der Waals surface area contributed by atoms with Crippen LogP contribution in [0.2, 0.25) is 0 Å². The smallest absolute Gasteiger partial charge is 0.266 e. The van der Waals surface area contributed by atoms with Crippen LogP contribution in [0.15, 0.2) is 22.7 Å². The van der Waals surface area contributed by atoms with Crippen LogP contribution in [-0.4, -0.2) is 29.3 Å². The lowest BCUT2D eigenvalue weighted by Crippen LogP contribution is -2.42. The Labute approximate surface area is 135 Å². The summed E-state index contributed by atoms with van der Waals surface area (Å²) < 4.78 is 1.77. The van der Waals surface area contributed by atoms with Gasteiger partial charge in [0.25, 0.3) is 5.91 Å². The third kappa shape index (κ3) is 3.03. The molecule has 4 N–H and O–H groups in total. The molecule has 0 aliphatic carbocycles. The Morgan fingerprint density at radius 3 is 2.57 bits per heavy atom. The van der Waals surface area contributed by atoms with Crippen LogP contribution in [0.25, 0.3) is 10.1 Å². The number of nitrogen functional groups attached to an aromatic ring is 1. The van der Waals surface area contributed by atoms with Gasteiger partial charge in [0.05, 0.1) is 12.2 Å². The van der Waals surface area contributed by atoms with E-state index >= 15 is 0 Å². The lowest BCUT2D eigenvalue weighted by Gasteiger charge is -2.24. The Morgan fingerprint density at radius 1 is 1.38 bits per heavy atom. The highest BCUT2D eigenvalue weighted by Gasteiger charge is 2.25. The van der Waals surface area contributed by atoms with Crippen LogP contribution in [0.3, 0.4) is 0 Å². The van der Waals surface area contributed by atoms with Gasteiger partial charge in [-0.05, 0) is 26.0 Å². The monoisotopic (exact) mass is 369 g/mol. The number of nitrogens with two attached hydrogens (primary N) is 2. The van der Waals surface area contributed by atoms with Gasteiger partial charge in [-0.1, -0.05) is 22.0 Å². The van der Waals surface area contributed by atoms with E-state index in [1.807, 2.05) is 32.0 Å². The van der Waals surface area contributed by atoms with E-state index < -0.39 is 5.91 Å². The Kier molecular flexibility index (Phi) is 4.53. The zero-order valence-electron chi connectivity index (χ0n) is 11.7. The number of halogens is 1. The van der Waals surface area contributed by atoms with Crippen molar-refractivity contribution in [3.05, 3.63) is 27.5 Å². The zero-order chi connectivity index (χ0) is 15.7.